The van der Waals surface area contributed by atoms with Crippen molar-refractivity contribution in [3.8, 4) is 5.75 Å². The summed E-state index contributed by atoms with van der Waals surface area (Å²) < 4.78 is 6.26. The standard InChI is InChI=1S/C11H8BrClN2O/c12-11-10(2-1-4-15-11)16-7-8-3-5-14-6-9(8)13/h1-6H,7H2. The highest BCUT2D eigenvalue weighted by Crippen LogP contribution is 2.23. The molecule has 0 aromatic carbocycles. The molecule has 2 aromatic heterocycles. The molecule has 16 heavy (non-hydrogen) atoms. The first-order valence-corrected chi connectivity index (χ1v) is 5.76. The van der Waals surface area contributed by atoms with Gasteiger partial charge in [0.2, 0.25) is 0 Å². The lowest BCUT2D eigenvalue weighted by Crippen LogP contribution is -1.97. The quantitative estimate of drug-likeness (QED) is 0.814. The van der Waals surface area contributed by atoms with Gasteiger partial charge in [0.25, 0.3) is 0 Å². The van der Waals surface area contributed by atoms with Crippen molar-refractivity contribution in [2.24, 2.45) is 0 Å². The zero-order valence-corrected chi connectivity index (χ0v) is 10.6. The molecule has 0 saturated heterocycles. The van der Waals surface area contributed by atoms with Crippen LogP contribution in [-0.4, -0.2) is 9.97 Å². The molecule has 2 rings (SSSR count). The number of hydrogen-bond acceptors (Lipinski definition) is 3. The first kappa shape index (κ1) is 11.4. The van der Waals surface area contributed by atoms with Crippen molar-refractivity contribution in [3.63, 3.8) is 0 Å². The molecule has 0 aliphatic rings. The van der Waals surface area contributed by atoms with Gasteiger partial charge in [-0.25, -0.2) is 4.98 Å². The van der Waals surface area contributed by atoms with Gasteiger partial charge in [-0.1, -0.05) is 11.6 Å². The normalized spacial score (nSPS) is 10.1. The van der Waals surface area contributed by atoms with Crippen LogP contribution in [0, 0.1) is 0 Å². The van der Waals surface area contributed by atoms with E-state index in [4.69, 9.17) is 16.3 Å². The zero-order chi connectivity index (χ0) is 11.4. The van der Waals surface area contributed by atoms with Gasteiger partial charge in [-0.05, 0) is 34.1 Å². The highest BCUT2D eigenvalue weighted by Gasteiger charge is 2.03. The Labute approximate surface area is 107 Å². The number of hydrogen-bond donors (Lipinski definition) is 0. The van der Waals surface area contributed by atoms with Crippen LogP contribution >= 0.6 is 27.5 Å². The highest BCUT2D eigenvalue weighted by molar-refractivity contribution is 9.10. The second-order valence-corrected chi connectivity index (χ2v) is 4.21. The van der Waals surface area contributed by atoms with Crippen LogP contribution in [0.1, 0.15) is 5.56 Å². The molecule has 0 saturated carbocycles. The van der Waals surface area contributed by atoms with Crippen molar-refractivity contribution in [1.29, 1.82) is 0 Å². The smallest absolute Gasteiger partial charge is 0.152 e. The van der Waals surface area contributed by atoms with Crippen molar-refractivity contribution in [2.75, 3.05) is 0 Å². The van der Waals surface area contributed by atoms with E-state index in [1.165, 1.54) is 0 Å². The largest absolute Gasteiger partial charge is 0.486 e. The number of ether oxygens (including phenoxy) is 1. The first-order chi connectivity index (χ1) is 7.77. The molecule has 0 amide bonds. The molecule has 0 aliphatic heterocycles. The van der Waals surface area contributed by atoms with Gasteiger partial charge in [-0.3, -0.25) is 4.98 Å². The molecule has 3 nitrogen and oxygen atoms in total. The maximum absolute atomic E-state index is 5.96. The lowest BCUT2D eigenvalue weighted by atomic mass is 10.3. The third kappa shape index (κ3) is 2.71. The molecule has 5 heteroatoms. The lowest BCUT2D eigenvalue weighted by molar-refractivity contribution is 0.302. The van der Waals surface area contributed by atoms with E-state index in [0.29, 0.717) is 22.0 Å². The lowest BCUT2D eigenvalue weighted by Gasteiger charge is -2.07. The van der Waals surface area contributed by atoms with Crippen molar-refractivity contribution < 1.29 is 4.74 Å². The Morgan fingerprint density at radius 1 is 1.31 bits per heavy atom. The monoisotopic (exact) mass is 298 g/mol. The van der Waals surface area contributed by atoms with Crippen molar-refractivity contribution in [1.82, 2.24) is 9.97 Å². The minimum absolute atomic E-state index is 0.394. The van der Waals surface area contributed by atoms with Crippen molar-refractivity contribution in [2.45, 2.75) is 6.61 Å². The van der Waals surface area contributed by atoms with E-state index in [9.17, 15) is 0 Å². The summed E-state index contributed by atoms with van der Waals surface area (Å²) in [7, 11) is 0. The molecule has 0 aliphatic carbocycles. The number of halogens is 2. The van der Waals surface area contributed by atoms with Gasteiger partial charge in [-0.2, -0.15) is 0 Å². The third-order valence-electron chi connectivity index (χ3n) is 1.96. The molecule has 2 heterocycles. The first-order valence-electron chi connectivity index (χ1n) is 4.59. The third-order valence-corrected chi connectivity index (χ3v) is 2.90. The van der Waals surface area contributed by atoms with Crippen LogP contribution in [0.2, 0.25) is 5.02 Å². The predicted octanol–water partition coefficient (Wildman–Crippen LogP) is 3.47. The molecule has 82 valence electrons. The molecular formula is C11H8BrClN2O. The van der Waals surface area contributed by atoms with Gasteiger partial charge in [0.15, 0.2) is 5.75 Å². The van der Waals surface area contributed by atoms with Gasteiger partial charge in [0.1, 0.15) is 11.2 Å². The fraction of sp³-hybridized carbons (Fsp3) is 0.0909. The molecule has 0 unspecified atom stereocenters. The van der Waals surface area contributed by atoms with E-state index in [-0.39, 0.29) is 0 Å². The SMILES string of the molecule is Clc1cnccc1COc1cccnc1Br. The van der Waals surface area contributed by atoms with Crippen molar-refractivity contribution in [3.05, 3.63) is 52.0 Å². The number of rotatable bonds is 3. The molecule has 0 fully saturated rings. The van der Waals surface area contributed by atoms with Crippen LogP contribution < -0.4 is 4.74 Å². The van der Waals surface area contributed by atoms with Crippen LogP contribution in [0.5, 0.6) is 5.75 Å². The minimum Gasteiger partial charge on any atom is -0.486 e. The highest BCUT2D eigenvalue weighted by atomic mass is 79.9. The van der Waals surface area contributed by atoms with E-state index in [2.05, 4.69) is 25.9 Å². The summed E-state index contributed by atoms with van der Waals surface area (Å²) >= 11 is 9.27. The zero-order valence-electron chi connectivity index (χ0n) is 8.23. The second kappa shape index (κ2) is 5.27. The van der Waals surface area contributed by atoms with Gasteiger partial charge < -0.3 is 4.74 Å². The summed E-state index contributed by atoms with van der Waals surface area (Å²) in [6, 6.07) is 5.48. The average Bonchev–Trinajstić information content (AvgIpc) is 2.30. The topological polar surface area (TPSA) is 35.0 Å². The summed E-state index contributed by atoms with van der Waals surface area (Å²) in [4.78, 5) is 7.97. The maximum Gasteiger partial charge on any atom is 0.152 e. The molecular weight excluding hydrogens is 291 g/mol. The molecule has 0 N–H and O–H groups in total. The Balaban J connectivity index is 2.09. The summed E-state index contributed by atoms with van der Waals surface area (Å²) in [6.07, 6.45) is 4.97. The van der Waals surface area contributed by atoms with E-state index < -0.39 is 0 Å². The molecule has 0 radical (unpaired) electrons. The molecule has 2 aromatic rings. The summed E-state index contributed by atoms with van der Waals surface area (Å²) in [6.45, 7) is 0.394. The van der Waals surface area contributed by atoms with E-state index in [1.54, 1.807) is 18.6 Å². The van der Waals surface area contributed by atoms with E-state index in [0.717, 1.165) is 5.56 Å². The Kier molecular flexibility index (Phi) is 3.74. The van der Waals surface area contributed by atoms with Crippen molar-refractivity contribution >= 4 is 27.5 Å². The Bertz CT molecular complexity index is 447. The number of nitrogens with zero attached hydrogens (tertiary/aromatic N) is 2. The number of pyridine rings is 2. The van der Waals surface area contributed by atoms with E-state index >= 15 is 0 Å². The fourth-order valence-corrected chi connectivity index (χ4v) is 1.69. The van der Waals surface area contributed by atoms with Crippen LogP contribution in [0.25, 0.3) is 0 Å². The van der Waals surface area contributed by atoms with Crippen LogP contribution in [0.4, 0.5) is 0 Å². The second-order valence-electron chi connectivity index (χ2n) is 3.05. The van der Waals surface area contributed by atoms with Gasteiger partial charge in [-0.15, -0.1) is 0 Å². The van der Waals surface area contributed by atoms with Gasteiger partial charge >= 0.3 is 0 Å². The number of aromatic nitrogens is 2. The van der Waals surface area contributed by atoms with Crippen LogP contribution in [-0.2, 0) is 6.61 Å². The average molecular weight is 300 g/mol. The summed E-state index contributed by atoms with van der Waals surface area (Å²) in [5.41, 5.74) is 0.896. The van der Waals surface area contributed by atoms with Crippen LogP contribution in [0.15, 0.2) is 41.4 Å². The summed E-state index contributed by atoms with van der Waals surface area (Å²) in [5.74, 6) is 0.690. The Morgan fingerprint density at radius 3 is 2.94 bits per heavy atom. The van der Waals surface area contributed by atoms with Crippen LogP contribution in [0.3, 0.4) is 0 Å². The Hall–Kier alpha value is -1.13. The predicted molar refractivity (Wildman–Crippen MR) is 65.5 cm³/mol. The maximum atomic E-state index is 5.96. The van der Waals surface area contributed by atoms with Gasteiger partial charge in [0, 0.05) is 24.2 Å². The molecule has 0 atom stereocenters. The summed E-state index contributed by atoms with van der Waals surface area (Å²) in [5, 5.41) is 0.600. The molecule has 0 spiro atoms. The van der Waals surface area contributed by atoms with Gasteiger partial charge in [0.05, 0.1) is 5.02 Å². The van der Waals surface area contributed by atoms with E-state index in [1.807, 2.05) is 18.2 Å². The fourth-order valence-electron chi connectivity index (χ4n) is 1.16. The molecule has 0 bridgehead atoms. The minimum atomic E-state index is 0.394. The Morgan fingerprint density at radius 2 is 2.19 bits per heavy atom.